The molecule has 0 unspecified atom stereocenters. The Bertz CT molecular complexity index is 545. The van der Waals surface area contributed by atoms with Gasteiger partial charge >= 0.3 is 11.9 Å². The van der Waals surface area contributed by atoms with Crippen LogP contribution in [0, 0.1) is 3.57 Å². The number of benzene rings is 1. The van der Waals surface area contributed by atoms with Crippen LogP contribution in [0.1, 0.15) is 10.4 Å². The Labute approximate surface area is 144 Å². The van der Waals surface area contributed by atoms with Crippen molar-refractivity contribution in [2.24, 2.45) is 0 Å². The van der Waals surface area contributed by atoms with Gasteiger partial charge in [-0.3, -0.25) is 14.4 Å². The molecule has 0 aromatic heterocycles. The molecule has 1 aromatic rings. The normalized spacial score (nSPS) is 9.90. The molecule has 0 atom stereocenters. The van der Waals surface area contributed by atoms with E-state index < -0.39 is 17.8 Å². The van der Waals surface area contributed by atoms with Gasteiger partial charge in [-0.25, -0.2) is 0 Å². The van der Waals surface area contributed by atoms with Crippen molar-refractivity contribution in [3.63, 3.8) is 0 Å². The molecule has 1 amide bonds. The van der Waals surface area contributed by atoms with Crippen LogP contribution in [0.4, 0.5) is 0 Å². The summed E-state index contributed by atoms with van der Waals surface area (Å²) in [6.07, 6.45) is 0. The molecule has 0 radical (unpaired) electrons. The number of carbonyl (C=O) groups is 3. The summed E-state index contributed by atoms with van der Waals surface area (Å²) < 4.78 is 10.5. The first kappa shape index (κ1) is 17.9. The maximum absolute atomic E-state index is 12.5. The predicted octanol–water partition coefficient (Wildman–Crippen LogP) is 1.84. The second kappa shape index (κ2) is 8.32. The van der Waals surface area contributed by atoms with Crippen molar-refractivity contribution in [1.82, 2.24) is 4.90 Å². The Balaban J connectivity index is 3.05. The second-order valence-electron chi connectivity index (χ2n) is 3.94. The molecule has 0 saturated heterocycles. The van der Waals surface area contributed by atoms with Crippen LogP contribution < -0.4 is 0 Å². The highest BCUT2D eigenvalue weighted by Crippen LogP contribution is 2.20. The van der Waals surface area contributed by atoms with Crippen LogP contribution in [0.25, 0.3) is 0 Å². The zero-order valence-corrected chi connectivity index (χ0v) is 15.1. The first-order chi connectivity index (χ1) is 9.88. The van der Waals surface area contributed by atoms with Crippen LogP contribution in [0.5, 0.6) is 0 Å². The number of hydrogen-bond donors (Lipinski definition) is 0. The van der Waals surface area contributed by atoms with Crippen molar-refractivity contribution >= 4 is 56.4 Å². The van der Waals surface area contributed by atoms with Crippen molar-refractivity contribution in [1.29, 1.82) is 0 Å². The number of rotatable bonds is 5. The lowest BCUT2D eigenvalue weighted by molar-refractivity contribution is -0.144. The first-order valence-corrected chi connectivity index (χ1v) is 7.64. The van der Waals surface area contributed by atoms with Crippen LogP contribution in [0.2, 0.25) is 0 Å². The summed E-state index contributed by atoms with van der Waals surface area (Å²) in [5.74, 6) is -1.67. The predicted molar refractivity (Wildman–Crippen MR) is 86.8 cm³/mol. The Morgan fingerprint density at radius 2 is 1.67 bits per heavy atom. The van der Waals surface area contributed by atoms with Gasteiger partial charge in [-0.1, -0.05) is 15.9 Å². The summed E-state index contributed by atoms with van der Waals surface area (Å²) in [5, 5.41) is 0. The van der Waals surface area contributed by atoms with Gasteiger partial charge in [0.15, 0.2) is 0 Å². The number of ether oxygens (including phenoxy) is 2. The molecule has 0 aliphatic carbocycles. The van der Waals surface area contributed by atoms with E-state index >= 15 is 0 Å². The van der Waals surface area contributed by atoms with Crippen molar-refractivity contribution in [3.05, 3.63) is 31.8 Å². The van der Waals surface area contributed by atoms with Crippen molar-refractivity contribution in [3.8, 4) is 0 Å². The van der Waals surface area contributed by atoms with Gasteiger partial charge in [0.05, 0.1) is 19.8 Å². The lowest BCUT2D eigenvalue weighted by Crippen LogP contribution is -2.40. The second-order valence-corrected chi connectivity index (χ2v) is 6.02. The molecule has 0 N–H and O–H groups in total. The number of nitrogens with zero attached hydrogens (tertiary/aromatic N) is 1. The minimum Gasteiger partial charge on any atom is -0.468 e. The topological polar surface area (TPSA) is 72.9 Å². The van der Waals surface area contributed by atoms with Crippen LogP contribution in [0.3, 0.4) is 0 Å². The maximum Gasteiger partial charge on any atom is 0.325 e. The van der Waals surface area contributed by atoms with Gasteiger partial charge < -0.3 is 14.4 Å². The summed E-state index contributed by atoms with van der Waals surface area (Å²) in [7, 11) is 2.43. The van der Waals surface area contributed by atoms with E-state index in [1.165, 1.54) is 14.2 Å². The molecule has 1 aromatic carbocycles. The Hall–Kier alpha value is -1.16. The fourth-order valence-corrected chi connectivity index (χ4v) is 2.40. The van der Waals surface area contributed by atoms with Gasteiger partial charge in [0.2, 0.25) is 0 Å². The van der Waals surface area contributed by atoms with Gasteiger partial charge in [-0.15, -0.1) is 0 Å². The average Bonchev–Trinajstić information content (AvgIpc) is 2.47. The van der Waals surface area contributed by atoms with Crippen molar-refractivity contribution < 1.29 is 23.9 Å². The molecular weight excluding hydrogens is 457 g/mol. The fraction of sp³-hybridized carbons (Fsp3) is 0.308. The minimum atomic E-state index is -0.614. The van der Waals surface area contributed by atoms with E-state index in [9.17, 15) is 14.4 Å². The lowest BCUT2D eigenvalue weighted by Gasteiger charge is -2.20. The van der Waals surface area contributed by atoms with E-state index in [0.717, 1.165) is 9.37 Å². The van der Waals surface area contributed by atoms with Gasteiger partial charge in [0.1, 0.15) is 13.1 Å². The third kappa shape index (κ3) is 5.27. The Morgan fingerprint density at radius 1 is 1.14 bits per heavy atom. The largest absolute Gasteiger partial charge is 0.468 e. The molecule has 0 aliphatic heterocycles. The van der Waals surface area contributed by atoms with Gasteiger partial charge in [-0.2, -0.15) is 0 Å². The number of halogens is 2. The quantitative estimate of drug-likeness (QED) is 0.486. The monoisotopic (exact) mass is 469 g/mol. The van der Waals surface area contributed by atoms with E-state index in [1.54, 1.807) is 18.2 Å². The summed E-state index contributed by atoms with van der Waals surface area (Å²) in [6, 6.07) is 5.18. The van der Waals surface area contributed by atoms with Gasteiger partial charge in [-0.05, 0) is 40.8 Å². The highest BCUT2D eigenvalue weighted by molar-refractivity contribution is 14.1. The van der Waals surface area contributed by atoms with Gasteiger partial charge in [0.25, 0.3) is 5.91 Å². The number of amides is 1. The van der Waals surface area contributed by atoms with Gasteiger partial charge in [0, 0.05) is 8.04 Å². The van der Waals surface area contributed by atoms with E-state index in [2.05, 4.69) is 25.4 Å². The van der Waals surface area contributed by atoms with Crippen molar-refractivity contribution in [2.75, 3.05) is 27.3 Å². The number of esters is 2. The molecule has 0 fully saturated rings. The Kier molecular flexibility index (Phi) is 7.09. The molecule has 1 rings (SSSR count). The summed E-state index contributed by atoms with van der Waals surface area (Å²) in [4.78, 5) is 36.4. The zero-order valence-electron chi connectivity index (χ0n) is 11.4. The highest BCUT2D eigenvalue weighted by atomic mass is 127. The highest BCUT2D eigenvalue weighted by Gasteiger charge is 2.24. The van der Waals surface area contributed by atoms with E-state index in [-0.39, 0.29) is 13.1 Å². The molecule has 0 aliphatic rings. The molecule has 0 saturated carbocycles. The summed E-state index contributed by atoms with van der Waals surface area (Å²) >= 11 is 5.30. The number of hydrogen-bond acceptors (Lipinski definition) is 5. The average molecular weight is 470 g/mol. The maximum atomic E-state index is 12.5. The standard InChI is InChI=1S/C13H13BrINO5/c1-20-11(17)6-16(7-12(18)21-2)13(19)9-5-8(14)3-4-10(9)15/h3-5H,6-7H2,1-2H3. The smallest absolute Gasteiger partial charge is 0.325 e. The third-order valence-corrected chi connectivity index (χ3v) is 3.98. The fourth-order valence-electron chi connectivity index (χ4n) is 1.47. The van der Waals surface area contributed by atoms with Crippen LogP contribution in [-0.2, 0) is 19.1 Å². The SMILES string of the molecule is COC(=O)CN(CC(=O)OC)C(=O)c1cc(Br)ccc1I. The number of methoxy groups -OCH3 is 2. The lowest BCUT2D eigenvalue weighted by atomic mass is 10.2. The van der Waals surface area contributed by atoms with Crippen molar-refractivity contribution in [2.45, 2.75) is 0 Å². The zero-order chi connectivity index (χ0) is 16.0. The molecule has 0 bridgehead atoms. The first-order valence-electron chi connectivity index (χ1n) is 5.77. The molecule has 8 heteroatoms. The minimum absolute atomic E-state index is 0.326. The van der Waals surface area contributed by atoms with E-state index in [0.29, 0.717) is 9.13 Å². The van der Waals surface area contributed by atoms with E-state index in [1.807, 2.05) is 22.6 Å². The number of carbonyl (C=O) groups excluding carboxylic acids is 3. The van der Waals surface area contributed by atoms with E-state index in [4.69, 9.17) is 0 Å². The Morgan fingerprint density at radius 3 is 2.14 bits per heavy atom. The van der Waals surface area contributed by atoms with Crippen LogP contribution in [0.15, 0.2) is 22.7 Å². The van der Waals surface area contributed by atoms with Crippen LogP contribution in [-0.4, -0.2) is 50.1 Å². The molecule has 6 nitrogen and oxygen atoms in total. The summed E-state index contributed by atoms with van der Waals surface area (Å²) in [5.41, 5.74) is 0.387. The molecular formula is C13H13BrINO5. The molecule has 0 heterocycles. The molecule has 114 valence electrons. The summed E-state index contributed by atoms with van der Waals surface area (Å²) in [6.45, 7) is -0.653. The van der Waals surface area contributed by atoms with Crippen LogP contribution >= 0.6 is 38.5 Å². The molecule has 21 heavy (non-hydrogen) atoms. The third-order valence-electron chi connectivity index (χ3n) is 2.54. The molecule has 0 spiro atoms.